The number of aryl methyl sites for hydroxylation is 1. The third kappa shape index (κ3) is 5.58. The predicted molar refractivity (Wildman–Crippen MR) is 116 cm³/mol. The van der Waals surface area contributed by atoms with E-state index in [1.165, 1.54) is 42.5 Å². The molecule has 30 heavy (non-hydrogen) atoms. The SMILES string of the molecule is Cc1ccc(S(=O)(=O)Nc2ccc(C(=O)NCCc3ccc(F)cc3)cc2Cl)cc1. The zero-order valence-corrected chi connectivity index (χ0v) is 17.7. The molecule has 0 spiro atoms. The largest absolute Gasteiger partial charge is 0.352 e. The Kier molecular flexibility index (Phi) is 6.74. The van der Waals surface area contributed by atoms with Crippen molar-refractivity contribution in [1.29, 1.82) is 0 Å². The summed E-state index contributed by atoms with van der Waals surface area (Å²) in [5, 5.41) is 2.87. The van der Waals surface area contributed by atoms with Crippen LogP contribution in [0.2, 0.25) is 5.02 Å². The average molecular weight is 447 g/mol. The molecule has 3 aromatic rings. The van der Waals surface area contributed by atoms with E-state index >= 15 is 0 Å². The summed E-state index contributed by atoms with van der Waals surface area (Å²) in [4.78, 5) is 12.4. The monoisotopic (exact) mass is 446 g/mol. The molecule has 0 aromatic heterocycles. The van der Waals surface area contributed by atoms with Crippen LogP contribution in [0.4, 0.5) is 10.1 Å². The molecule has 2 N–H and O–H groups in total. The smallest absolute Gasteiger partial charge is 0.261 e. The molecule has 0 aliphatic rings. The van der Waals surface area contributed by atoms with Crippen molar-refractivity contribution in [2.24, 2.45) is 0 Å². The molecule has 156 valence electrons. The van der Waals surface area contributed by atoms with E-state index in [1.807, 2.05) is 6.92 Å². The second-order valence-corrected chi connectivity index (χ2v) is 8.84. The second-order valence-electron chi connectivity index (χ2n) is 6.75. The van der Waals surface area contributed by atoms with Crippen LogP contribution in [0, 0.1) is 12.7 Å². The topological polar surface area (TPSA) is 75.3 Å². The van der Waals surface area contributed by atoms with Gasteiger partial charge < -0.3 is 5.32 Å². The molecule has 0 aliphatic heterocycles. The van der Waals surface area contributed by atoms with Gasteiger partial charge in [-0.1, -0.05) is 41.4 Å². The Balaban J connectivity index is 1.63. The van der Waals surface area contributed by atoms with Gasteiger partial charge in [0.05, 0.1) is 15.6 Å². The molecule has 0 saturated heterocycles. The van der Waals surface area contributed by atoms with Crippen LogP contribution in [-0.2, 0) is 16.4 Å². The highest BCUT2D eigenvalue weighted by atomic mass is 35.5. The lowest BCUT2D eigenvalue weighted by atomic mass is 10.1. The van der Waals surface area contributed by atoms with Crippen molar-refractivity contribution in [3.63, 3.8) is 0 Å². The highest BCUT2D eigenvalue weighted by Crippen LogP contribution is 2.26. The highest BCUT2D eigenvalue weighted by Gasteiger charge is 2.16. The number of hydrogen-bond acceptors (Lipinski definition) is 3. The van der Waals surface area contributed by atoms with Gasteiger partial charge in [0.25, 0.3) is 15.9 Å². The molecule has 0 bridgehead atoms. The molecule has 0 fully saturated rings. The number of nitrogens with one attached hydrogen (secondary N) is 2. The second kappa shape index (κ2) is 9.28. The first-order chi connectivity index (χ1) is 14.2. The van der Waals surface area contributed by atoms with Crippen molar-refractivity contribution in [2.75, 3.05) is 11.3 Å². The molecule has 0 saturated carbocycles. The minimum atomic E-state index is -3.80. The van der Waals surface area contributed by atoms with Gasteiger partial charge >= 0.3 is 0 Å². The van der Waals surface area contributed by atoms with Gasteiger partial charge in [-0.15, -0.1) is 0 Å². The molecule has 3 aromatic carbocycles. The zero-order chi connectivity index (χ0) is 21.7. The maximum atomic E-state index is 12.9. The Morgan fingerprint density at radius 2 is 1.67 bits per heavy atom. The van der Waals surface area contributed by atoms with Crippen LogP contribution in [0.5, 0.6) is 0 Å². The Morgan fingerprint density at radius 3 is 2.30 bits per heavy atom. The Labute approximate surface area is 179 Å². The van der Waals surface area contributed by atoms with E-state index in [9.17, 15) is 17.6 Å². The summed E-state index contributed by atoms with van der Waals surface area (Å²) in [6.45, 7) is 2.23. The van der Waals surface area contributed by atoms with E-state index in [4.69, 9.17) is 11.6 Å². The summed E-state index contributed by atoms with van der Waals surface area (Å²) in [5.74, 6) is -0.650. The van der Waals surface area contributed by atoms with Gasteiger partial charge in [0, 0.05) is 12.1 Å². The Morgan fingerprint density at radius 1 is 1.00 bits per heavy atom. The van der Waals surface area contributed by atoms with Gasteiger partial charge in [-0.05, 0) is 61.4 Å². The molecule has 0 unspecified atom stereocenters. The third-order valence-corrected chi connectivity index (χ3v) is 6.11. The van der Waals surface area contributed by atoms with Gasteiger partial charge in [-0.3, -0.25) is 9.52 Å². The van der Waals surface area contributed by atoms with Crippen LogP contribution < -0.4 is 10.0 Å². The fourth-order valence-electron chi connectivity index (χ4n) is 2.73. The molecule has 8 heteroatoms. The van der Waals surface area contributed by atoms with Crippen molar-refractivity contribution >= 4 is 33.2 Å². The number of amides is 1. The third-order valence-electron chi connectivity index (χ3n) is 4.42. The number of hydrogen-bond donors (Lipinski definition) is 2. The quantitative estimate of drug-likeness (QED) is 0.558. The van der Waals surface area contributed by atoms with Gasteiger partial charge in [0.2, 0.25) is 0 Å². The number of halogens is 2. The van der Waals surface area contributed by atoms with Crippen LogP contribution >= 0.6 is 11.6 Å². The van der Waals surface area contributed by atoms with Crippen LogP contribution in [0.3, 0.4) is 0 Å². The standard InChI is InChI=1S/C22H20ClFN2O3S/c1-15-2-9-19(10-3-15)30(28,29)26-21-11-6-17(14-20(21)23)22(27)25-13-12-16-4-7-18(24)8-5-16/h2-11,14,26H,12-13H2,1H3,(H,25,27). The lowest BCUT2D eigenvalue weighted by molar-refractivity contribution is 0.0954. The van der Waals surface area contributed by atoms with Gasteiger partial charge in [0.1, 0.15) is 5.82 Å². The van der Waals surface area contributed by atoms with Crippen LogP contribution in [0.15, 0.2) is 71.6 Å². The number of rotatable bonds is 7. The summed E-state index contributed by atoms with van der Waals surface area (Å²) < 4.78 is 40.4. The zero-order valence-electron chi connectivity index (χ0n) is 16.2. The first kappa shape index (κ1) is 21.8. The molecule has 0 heterocycles. The Bertz CT molecular complexity index is 1150. The number of sulfonamides is 1. The summed E-state index contributed by atoms with van der Waals surface area (Å²) in [6, 6.07) is 16.8. The van der Waals surface area contributed by atoms with E-state index in [2.05, 4.69) is 10.0 Å². The van der Waals surface area contributed by atoms with Crippen molar-refractivity contribution in [3.05, 3.63) is 94.3 Å². The van der Waals surface area contributed by atoms with Crippen molar-refractivity contribution < 1.29 is 17.6 Å². The first-order valence-corrected chi connectivity index (χ1v) is 11.0. The normalized spacial score (nSPS) is 11.2. The van der Waals surface area contributed by atoms with Crippen molar-refractivity contribution in [2.45, 2.75) is 18.2 Å². The summed E-state index contributed by atoms with van der Waals surface area (Å²) >= 11 is 6.19. The van der Waals surface area contributed by atoms with Crippen molar-refractivity contribution in [3.8, 4) is 0 Å². The maximum absolute atomic E-state index is 12.9. The molecular weight excluding hydrogens is 427 g/mol. The van der Waals surface area contributed by atoms with E-state index in [1.54, 1.807) is 24.3 Å². The molecule has 5 nitrogen and oxygen atoms in total. The van der Waals surface area contributed by atoms with Crippen LogP contribution in [0.1, 0.15) is 21.5 Å². The number of anilines is 1. The minimum absolute atomic E-state index is 0.108. The van der Waals surface area contributed by atoms with Crippen molar-refractivity contribution in [1.82, 2.24) is 5.32 Å². The number of benzene rings is 3. The first-order valence-electron chi connectivity index (χ1n) is 9.16. The van der Waals surface area contributed by atoms with Crippen LogP contribution in [0.25, 0.3) is 0 Å². The average Bonchev–Trinajstić information content (AvgIpc) is 2.71. The molecule has 0 radical (unpaired) electrons. The minimum Gasteiger partial charge on any atom is -0.352 e. The summed E-state index contributed by atoms with van der Waals surface area (Å²) in [5.41, 5.74) is 2.33. The molecule has 0 atom stereocenters. The molecule has 1 amide bonds. The lowest BCUT2D eigenvalue weighted by Gasteiger charge is -2.11. The number of carbonyl (C=O) groups excluding carboxylic acids is 1. The molecule has 0 aliphatic carbocycles. The molecular formula is C22H20ClFN2O3S. The highest BCUT2D eigenvalue weighted by molar-refractivity contribution is 7.92. The fourth-order valence-corrected chi connectivity index (χ4v) is 4.10. The Hall–Kier alpha value is -2.90. The molecule has 3 rings (SSSR count). The maximum Gasteiger partial charge on any atom is 0.261 e. The van der Waals surface area contributed by atoms with E-state index in [0.29, 0.717) is 18.5 Å². The van der Waals surface area contributed by atoms with E-state index in [0.717, 1.165) is 11.1 Å². The summed E-state index contributed by atoms with van der Waals surface area (Å²) in [6.07, 6.45) is 0.550. The predicted octanol–water partition coefficient (Wildman–Crippen LogP) is 4.56. The van der Waals surface area contributed by atoms with E-state index in [-0.39, 0.29) is 27.3 Å². The van der Waals surface area contributed by atoms with Gasteiger partial charge in [-0.25, -0.2) is 12.8 Å². The van der Waals surface area contributed by atoms with Gasteiger partial charge in [-0.2, -0.15) is 0 Å². The van der Waals surface area contributed by atoms with E-state index < -0.39 is 10.0 Å². The summed E-state index contributed by atoms with van der Waals surface area (Å²) in [7, 11) is -3.80. The van der Waals surface area contributed by atoms with Crippen LogP contribution in [-0.4, -0.2) is 20.9 Å². The van der Waals surface area contributed by atoms with Gasteiger partial charge in [0.15, 0.2) is 0 Å². The lowest BCUT2D eigenvalue weighted by Crippen LogP contribution is -2.25. The number of carbonyl (C=O) groups is 1. The fraction of sp³-hybridized carbons (Fsp3) is 0.136.